The number of hydrogen-bond acceptors (Lipinski definition) is 4. The molecule has 1 aromatic rings. The summed E-state index contributed by atoms with van der Waals surface area (Å²) in [6.45, 7) is 2.20. The van der Waals surface area contributed by atoms with Crippen molar-refractivity contribution in [2.24, 2.45) is 11.7 Å². The number of nitrogens with zero attached hydrogens (tertiary/aromatic N) is 2. The summed E-state index contributed by atoms with van der Waals surface area (Å²) in [5.74, 6) is -0.478. The number of nitrogens with one attached hydrogen (secondary N) is 1. The van der Waals surface area contributed by atoms with Crippen molar-refractivity contribution in [1.82, 2.24) is 15.1 Å². The summed E-state index contributed by atoms with van der Waals surface area (Å²) in [6.07, 6.45) is 2.02. The van der Waals surface area contributed by atoms with E-state index in [-0.39, 0.29) is 17.7 Å². The topological polar surface area (TPSA) is 101 Å². The summed E-state index contributed by atoms with van der Waals surface area (Å²) in [6, 6.07) is 0. The van der Waals surface area contributed by atoms with Crippen LogP contribution in [0.15, 0.2) is 0 Å². The molecule has 0 spiro atoms. The highest BCUT2D eigenvalue weighted by atomic mass is 16.5. The van der Waals surface area contributed by atoms with Gasteiger partial charge in [0, 0.05) is 36.7 Å². The molecule has 0 bridgehead atoms. The van der Waals surface area contributed by atoms with E-state index in [2.05, 4.69) is 10.2 Å². The molecule has 108 valence electrons. The van der Waals surface area contributed by atoms with Crippen molar-refractivity contribution in [3.8, 4) is 0 Å². The van der Waals surface area contributed by atoms with Gasteiger partial charge in [-0.3, -0.25) is 14.7 Å². The van der Waals surface area contributed by atoms with Crippen molar-refractivity contribution in [3.63, 3.8) is 0 Å². The molecule has 2 aliphatic rings. The molecule has 1 fully saturated rings. The number of hydrogen-bond donors (Lipinski definition) is 2. The highest BCUT2D eigenvalue weighted by molar-refractivity contribution is 5.94. The number of ether oxygens (including phenoxy) is 1. The lowest BCUT2D eigenvalue weighted by molar-refractivity contribution is -0.123. The van der Waals surface area contributed by atoms with Crippen molar-refractivity contribution in [1.29, 1.82) is 0 Å². The first kappa shape index (κ1) is 13.1. The average molecular weight is 278 g/mol. The molecule has 1 saturated heterocycles. The number of nitrogens with two attached hydrogens (primary N) is 1. The van der Waals surface area contributed by atoms with Crippen LogP contribution in [0.5, 0.6) is 0 Å². The molecule has 1 aromatic heterocycles. The van der Waals surface area contributed by atoms with Crippen LogP contribution in [0.2, 0.25) is 0 Å². The van der Waals surface area contributed by atoms with Gasteiger partial charge in [-0.25, -0.2) is 0 Å². The number of carbonyl (C=O) groups excluding carboxylic acids is 2. The van der Waals surface area contributed by atoms with Crippen molar-refractivity contribution < 1.29 is 14.3 Å². The van der Waals surface area contributed by atoms with Crippen LogP contribution in [0.3, 0.4) is 0 Å². The van der Waals surface area contributed by atoms with Crippen LogP contribution >= 0.6 is 0 Å². The van der Waals surface area contributed by atoms with Gasteiger partial charge in [0.25, 0.3) is 5.91 Å². The lowest BCUT2D eigenvalue weighted by atomic mass is 9.96. The number of carbonyl (C=O) groups is 2. The first-order valence-corrected chi connectivity index (χ1v) is 6.89. The Kier molecular flexibility index (Phi) is 3.43. The third kappa shape index (κ3) is 2.29. The molecule has 7 heteroatoms. The smallest absolute Gasteiger partial charge is 0.274 e. The van der Waals surface area contributed by atoms with E-state index in [9.17, 15) is 9.59 Å². The van der Waals surface area contributed by atoms with E-state index >= 15 is 0 Å². The zero-order valence-electron chi connectivity index (χ0n) is 11.2. The van der Waals surface area contributed by atoms with Gasteiger partial charge in [-0.1, -0.05) is 0 Å². The van der Waals surface area contributed by atoms with E-state index in [0.29, 0.717) is 44.8 Å². The Morgan fingerprint density at radius 2 is 2.10 bits per heavy atom. The lowest BCUT2D eigenvalue weighted by Gasteiger charge is -2.30. The maximum absolute atomic E-state index is 12.5. The molecule has 2 aliphatic heterocycles. The summed E-state index contributed by atoms with van der Waals surface area (Å²) in [5, 5.41) is 7.06. The quantitative estimate of drug-likeness (QED) is 0.783. The van der Waals surface area contributed by atoms with Crippen LogP contribution in [0.25, 0.3) is 0 Å². The fraction of sp³-hybridized carbons (Fsp3) is 0.615. The molecule has 3 rings (SSSR count). The molecule has 0 aliphatic carbocycles. The standard InChI is InChI=1S/C13H18N4O3/c14-12(18)8-1-4-17(5-2-8)13(19)11-9-7-20-6-3-10(9)15-16-11/h8H,1-7H2,(H2,14,18)(H,15,16). The van der Waals surface area contributed by atoms with Gasteiger partial charge in [0.05, 0.1) is 13.2 Å². The Labute approximate surface area is 116 Å². The third-order valence-electron chi connectivity index (χ3n) is 4.08. The van der Waals surface area contributed by atoms with E-state index in [1.165, 1.54) is 0 Å². The maximum atomic E-state index is 12.5. The number of amides is 2. The monoisotopic (exact) mass is 278 g/mol. The molecule has 0 aromatic carbocycles. The minimum Gasteiger partial charge on any atom is -0.376 e. The maximum Gasteiger partial charge on any atom is 0.274 e. The van der Waals surface area contributed by atoms with Gasteiger partial charge >= 0.3 is 0 Å². The summed E-state index contributed by atoms with van der Waals surface area (Å²) < 4.78 is 5.39. The van der Waals surface area contributed by atoms with Gasteiger partial charge in [0.2, 0.25) is 5.91 Å². The second-order valence-electron chi connectivity index (χ2n) is 5.30. The minimum atomic E-state index is -0.275. The third-order valence-corrected chi connectivity index (χ3v) is 4.08. The molecule has 0 saturated carbocycles. The minimum absolute atomic E-state index is 0.0871. The van der Waals surface area contributed by atoms with Gasteiger partial charge in [-0.2, -0.15) is 5.10 Å². The first-order valence-electron chi connectivity index (χ1n) is 6.89. The largest absolute Gasteiger partial charge is 0.376 e. The van der Waals surface area contributed by atoms with Gasteiger partial charge in [0.15, 0.2) is 5.69 Å². The molecule has 2 amide bonds. The lowest BCUT2D eigenvalue weighted by Crippen LogP contribution is -2.42. The first-order chi connectivity index (χ1) is 9.66. The second kappa shape index (κ2) is 5.24. The van der Waals surface area contributed by atoms with Crippen LogP contribution in [-0.2, 0) is 22.6 Å². The molecule has 7 nitrogen and oxygen atoms in total. The van der Waals surface area contributed by atoms with Gasteiger partial charge in [0.1, 0.15) is 0 Å². The number of H-pyrrole nitrogens is 1. The fourth-order valence-corrected chi connectivity index (χ4v) is 2.81. The van der Waals surface area contributed by atoms with Gasteiger partial charge in [-0.15, -0.1) is 0 Å². The number of piperidine rings is 1. The van der Waals surface area contributed by atoms with Crippen molar-refractivity contribution >= 4 is 11.8 Å². The summed E-state index contributed by atoms with van der Waals surface area (Å²) >= 11 is 0. The van der Waals surface area contributed by atoms with Crippen molar-refractivity contribution in [2.45, 2.75) is 25.9 Å². The number of fused-ring (bicyclic) bond motifs is 1. The molecule has 0 unspecified atom stereocenters. The Bertz CT molecular complexity index is 532. The van der Waals surface area contributed by atoms with E-state index < -0.39 is 0 Å². The average Bonchev–Trinajstić information content (AvgIpc) is 2.90. The molecule has 20 heavy (non-hydrogen) atoms. The zero-order chi connectivity index (χ0) is 14.1. The normalized spacial score (nSPS) is 19.7. The van der Waals surface area contributed by atoms with Crippen molar-refractivity contribution in [3.05, 3.63) is 17.0 Å². The number of aromatic nitrogens is 2. The zero-order valence-corrected chi connectivity index (χ0v) is 11.2. The number of rotatable bonds is 2. The predicted molar refractivity (Wildman–Crippen MR) is 69.8 cm³/mol. The Morgan fingerprint density at radius 3 is 2.80 bits per heavy atom. The van der Waals surface area contributed by atoms with Crippen LogP contribution in [0.1, 0.15) is 34.6 Å². The van der Waals surface area contributed by atoms with Gasteiger partial charge in [-0.05, 0) is 12.8 Å². The van der Waals surface area contributed by atoms with Crippen LogP contribution in [-0.4, -0.2) is 46.6 Å². The van der Waals surface area contributed by atoms with Crippen molar-refractivity contribution in [2.75, 3.05) is 19.7 Å². The molecule has 3 N–H and O–H groups in total. The molecule has 3 heterocycles. The second-order valence-corrected chi connectivity index (χ2v) is 5.30. The molecule has 0 atom stereocenters. The Balaban J connectivity index is 1.71. The highest BCUT2D eigenvalue weighted by Gasteiger charge is 2.30. The molecular weight excluding hydrogens is 260 g/mol. The number of primary amides is 1. The fourth-order valence-electron chi connectivity index (χ4n) is 2.81. The Morgan fingerprint density at radius 1 is 1.35 bits per heavy atom. The van der Waals surface area contributed by atoms with Crippen LogP contribution in [0, 0.1) is 5.92 Å². The summed E-state index contributed by atoms with van der Waals surface area (Å²) in [7, 11) is 0. The summed E-state index contributed by atoms with van der Waals surface area (Å²) in [4.78, 5) is 25.4. The highest BCUT2D eigenvalue weighted by Crippen LogP contribution is 2.22. The predicted octanol–water partition coefficient (Wildman–Crippen LogP) is -0.180. The summed E-state index contributed by atoms with van der Waals surface area (Å²) in [5.41, 5.74) is 7.62. The van der Waals surface area contributed by atoms with E-state index in [4.69, 9.17) is 10.5 Å². The van der Waals surface area contributed by atoms with E-state index in [0.717, 1.165) is 17.7 Å². The molecule has 0 radical (unpaired) electrons. The Hall–Kier alpha value is -1.89. The van der Waals surface area contributed by atoms with E-state index in [1.807, 2.05) is 0 Å². The van der Waals surface area contributed by atoms with Crippen LogP contribution in [0.4, 0.5) is 0 Å². The van der Waals surface area contributed by atoms with E-state index in [1.54, 1.807) is 4.90 Å². The van der Waals surface area contributed by atoms with Crippen LogP contribution < -0.4 is 5.73 Å². The van der Waals surface area contributed by atoms with Gasteiger partial charge < -0.3 is 15.4 Å². The number of likely N-dealkylation sites (tertiary alicyclic amines) is 1. The SMILES string of the molecule is NC(=O)C1CCN(C(=O)c2n[nH]c3c2COCC3)CC1. The number of aromatic amines is 1. The molecular formula is C13H18N4O3.